The smallest absolute Gasteiger partial charge is 0.350 e. The summed E-state index contributed by atoms with van der Waals surface area (Å²) in [5, 5.41) is 20.3. The number of ether oxygens (including phenoxy) is 4. The molecule has 2 heterocycles. The van der Waals surface area contributed by atoms with Gasteiger partial charge in [-0.2, -0.15) is 0 Å². The Kier molecular flexibility index (Phi) is 10.0. The molecule has 0 amide bonds. The minimum Gasteiger partial charge on any atom is -0.507 e. The van der Waals surface area contributed by atoms with Gasteiger partial charge >= 0.3 is 11.9 Å². The zero-order valence-corrected chi connectivity index (χ0v) is 28.0. The van der Waals surface area contributed by atoms with Gasteiger partial charge in [-0.25, -0.2) is 9.59 Å². The first kappa shape index (κ1) is 34.1. The van der Waals surface area contributed by atoms with Crippen molar-refractivity contribution in [2.45, 2.75) is 126 Å². The van der Waals surface area contributed by atoms with Crippen LogP contribution in [-0.2, 0) is 31.9 Å². The summed E-state index contributed by atoms with van der Waals surface area (Å²) in [5.74, 6) is 1.75. The molecule has 2 aliphatic rings. The lowest BCUT2D eigenvalue weighted by Crippen LogP contribution is -2.46. The molecule has 0 saturated heterocycles. The highest BCUT2D eigenvalue weighted by Crippen LogP contribution is 2.45. The third-order valence-electron chi connectivity index (χ3n) is 8.79. The van der Waals surface area contributed by atoms with E-state index in [9.17, 15) is 19.8 Å². The Balaban J connectivity index is 0.000000236. The maximum absolute atomic E-state index is 12.4. The van der Waals surface area contributed by atoms with Gasteiger partial charge in [0.15, 0.2) is 0 Å². The first-order valence-corrected chi connectivity index (χ1v) is 15.2. The molecule has 43 heavy (non-hydrogen) atoms. The number of carbonyl (C=O) groups is 2. The number of aromatic hydroxyl groups is 2. The lowest BCUT2D eigenvalue weighted by Gasteiger charge is -2.36. The quantitative estimate of drug-likeness (QED) is 0.356. The summed E-state index contributed by atoms with van der Waals surface area (Å²) in [6, 6.07) is 0. The molecule has 0 fully saturated rings. The second kappa shape index (κ2) is 12.7. The van der Waals surface area contributed by atoms with Crippen molar-refractivity contribution in [3.05, 3.63) is 44.5 Å². The van der Waals surface area contributed by atoms with E-state index in [1.165, 1.54) is 0 Å². The van der Waals surface area contributed by atoms with E-state index in [4.69, 9.17) is 18.9 Å². The Hall–Kier alpha value is -3.42. The summed E-state index contributed by atoms with van der Waals surface area (Å²) in [6.45, 7) is 23.0. The molecular formula is C35H50O8. The normalized spacial score (nSPS) is 20.7. The molecule has 0 aliphatic carbocycles. The number of hydrogen-bond donors (Lipinski definition) is 2. The van der Waals surface area contributed by atoms with Gasteiger partial charge in [0.05, 0.1) is 12.7 Å². The van der Waals surface area contributed by atoms with Gasteiger partial charge in [0, 0.05) is 24.0 Å². The standard InChI is InChI=1S/C18H26O4.C17H24O4/c1-10(2)9-21-17(20)18(6)8-7-14-13(5)15(19)11(3)12(4)16(14)22-18;1-9(2)20-16(19)17(6)8-7-13-12(5)14(18)10(3)11(4)15(13)21-17/h10,19H,7-9H2,1-6H3;9,18H,7-8H2,1-6H3. The van der Waals surface area contributed by atoms with Gasteiger partial charge in [-0.05, 0) is 121 Å². The lowest BCUT2D eigenvalue weighted by atomic mass is 9.87. The van der Waals surface area contributed by atoms with Crippen molar-refractivity contribution in [2.75, 3.05) is 6.61 Å². The largest absolute Gasteiger partial charge is 0.507 e. The van der Waals surface area contributed by atoms with E-state index in [2.05, 4.69) is 0 Å². The molecule has 0 spiro atoms. The van der Waals surface area contributed by atoms with Crippen LogP contribution in [0.4, 0.5) is 0 Å². The Labute approximate surface area is 256 Å². The van der Waals surface area contributed by atoms with Gasteiger partial charge in [-0.15, -0.1) is 0 Å². The average molecular weight is 599 g/mol. The third-order valence-corrected chi connectivity index (χ3v) is 8.79. The van der Waals surface area contributed by atoms with Crippen LogP contribution >= 0.6 is 0 Å². The predicted molar refractivity (Wildman–Crippen MR) is 166 cm³/mol. The number of phenols is 2. The van der Waals surface area contributed by atoms with Crippen molar-refractivity contribution >= 4 is 11.9 Å². The Morgan fingerprint density at radius 2 is 1.09 bits per heavy atom. The van der Waals surface area contributed by atoms with Crippen molar-refractivity contribution in [3.63, 3.8) is 0 Å². The summed E-state index contributed by atoms with van der Waals surface area (Å²) in [7, 11) is 0. The van der Waals surface area contributed by atoms with Crippen LogP contribution in [0.2, 0.25) is 0 Å². The van der Waals surface area contributed by atoms with Crippen molar-refractivity contribution < 1.29 is 38.7 Å². The van der Waals surface area contributed by atoms with Gasteiger partial charge in [0.2, 0.25) is 11.2 Å². The molecule has 2 unspecified atom stereocenters. The molecule has 2 aromatic carbocycles. The highest BCUT2D eigenvalue weighted by molar-refractivity contribution is 5.81. The minimum atomic E-state index is -0.960. The fourth-order valence-electron chi connectivity index (χ4n) is 5.52. The van der Waals surface area contributed by atoms with Gasteiger partial charge in [0.25, 0.3) is 0 Å². The Morgan fingerprint density at radius 1 is 0.698 bits per heavy atom. The highest BCUT2D eigenvalue weighted by atomic mass is 16.6. The summed E-state index contributed by atoms with van der Waals surface area (Å²) < 4.78 is 22.8. The van der Waals surface area contributed by atoms with Crippen LogP contribution < -0.4 is 9.47 Å². The van der Waals surface area contributed by atoms with Crippen LogP contribution in [0.25, 0.3) is 0 Å². The van der Waals surface area contributed by atoms with Crippen LogP contribution in [0.3, 0.4) is 0 Å². The fraction of sp³-hybridized carbons (Fsp3) is 0.600. The average Bonchev–Trinajstić information content (AvgIpc) is 2.95. The molecule has 2 N–H and O–H groups in total. The third kappa shape index (κ3) is 6.73. The molecule has 2 aromatic rings. The molecule has 0 aromatic heterocycles. The van der Waals surface area contributed by atoms with E-state index in [1.54, 1.807) is 13.8 Å². The van der Waals surface area contributed by atoms with Gasteiger partial charge in [-0.3, -0.25) is 0 Å². The zero-order valence-electron chi connectivity index (χ0n) is 28.0. The second-order valence-corrected chi connectivity index (χ2v) is 13.2. The Morgan fingerprint density at radius 3 is 1.47 bits per heavy atom. The number of fused-ring (bicyclic) bond motifs is 2. The molecule has 238 valence electrons. The molecule has 0 radical (unpaired) electrons. The molecular weight excluding hydrogens is 548 g/mol. The van der Waals surface area contributed by atoms with Crippen LogP contribution in [0.15, 0.2) is 0 Å². The summed E-state index contributed by atoms with van der Waals surface area (Å²) >= 11 is 0. The predicted octanol–water partition coefficient (Wildman–Crippen LogP) is 6.95. The Bertz CT molecular complexity index is 1410. The molecule has 2 atom stereocenters. The van der Waals surface area contributed by atoms with Crippen LogP contribution in [-0.4, -0.2) is 46.1 Å². The minimum absolute atomic E-state index is 0.163. The van der Waals surface area contributed by atoms with E-state index in [0.29, 0.717) is 49.7 Å². The maximum atomic E-state index is 12.4. The summed E-state index contributed by atoms with van der Waals surface area (Å²) in [4.78, 5) is 24.7. The molecule has 0 bridgehead atoms. The summed E-state index contributed by atoms with van der Waals surface area (Å²) in [6.07, 6.45) is 2.33. The maximum Gasteiger partial charge on any atom is 0.350 e. The van der Waals surface area contributed by atoms with E-state index in [-0.39, 0.29) is 18.0 Å². The van der Waals surface area contributed by atoms with Crippen molar-refractivity contribution in [3.8, 4) is 23.0 Å². The second-order valence-electron chi connectivity index (χ2n) is 13.2. The number of benzene rings is 2. The van der Waals surface area contributed by atoms with Gasteiger partial charge in [0.1, 0.15) is 23.0 Å². The summed E-state index contributed by atoms with van der Waals surface area (Å²) in [5.41, 5.74) is 5.13. The monoisotopic (exact) mass is 598 g/mol. The number of phenolic OH excluding ortho intramolecular Hbond substituents is 2. The molecule has 8 heteroatoms. The molecule has 4 rings (SSSR count). The highest BCUT2D eigenvalue weighted by Gasteiger charge is 2.43. The molecule has 2 aliphatic heterocycles. The van der Waals surface area contributed by atoms with Crippen molar-refractivity contribution in [2.24, 2.45) is 5.92 Å². The zero-order chi connectivity index (χ0) is 32.6. The van der Waals surface area contributed by atoms with E-state index in [0.717, 1.165) is 56.0 Å². The SMILES string of the molecule is Cc1c(C)c2c(c(C)c1O)CCC(C)(C(=O)OC(C)C)O2.Cc1c(C)c2c(c(C)c1O)CCC(C)(C(=O)OCC(C)C)O2. The lowest BCUT2D eigenvalue weighted by molar-refractivity contribution is -0.166. The van der Waals surface area contributed by atoms with Crippen molar-refractivity contribution in [1.82, 2.24) is 0 Å². The van der Waals surface area contributed by atoms with E-state index >= 15 is 0 Å². The van der Waals surface area contributed by atoms with E-state index < -0.39 is 11.2 Å². The number of carbonyl (C=O) groups excluding carboxylic acids is 2. The van der Waals surface area contributed by atoms with Gasteiger partial charge < -0.3 is 29.2 Å². The van der Waals surface area contributed by atoms with Crippen LogP contribution in [0.1, 0.15) is 98.9 Å². The van der Waals surface area contributed by atoms with Gasteiger partial charge in [-0.1, -0.05) is 13.8 Å². The van der Waals surface area contributed by atoms with Crippen molar-refractivity contribution in [1.29, 1.82) is 0 Å². The number of esters is 2. The first-order chi connectivity index (χ1) is 19.8. The topological polar surface area (TPSA) is 112 Å². The molecule has 0 saturated carbocycles. The van der Waals surface area contributed by atoms with Crippen LogP contribution in [0.5, 0.6) is 23.0 Å². The molecule has 8 nitrogen and oxygen atoms in total. The number of rotatable bonds is 5. The van der Waals surface area contributed by atoms with Crippen LogP contribution in [0, 0.1) is 47.5 Å². The number of hydrogen-bond acceptors (Lipinski definition) is 8. The first-order valence-electron chi connectivity index (χ1n) is 15.2. The fourth-order valence-corrected chi connectivity index (χ4v) is 5.52. The van der Waals surface area contributed by atoms with E-state index in [1.807, 2.05) is 69.2 Å².